The third kappa shape index (κ3) is 2.91. The van der Waals surface area contributed by atoms with Gasteiger partial charge in [0.1, 0.15) is 0 Å². The maximum absolute atomic E-state index is 12.3. The third-order valence-corrected chi connectivity index (χ3v) is 5.89. The number of hydrogen-bond acceptors (Lipinski definition) is 5. The van der Waals surface area contributed by atoms with Crippen LogP contribution in [0.5, 0.6) is 0 Å². The second kappa shape index (κ2) is 5.53. The van der Waals surface area contributed by atoms with Crippen LogP contribution in [0.4, 0.5) is 0 Å². The summed E-state index contributed by atoms with van der Waals surface area (Å²) in [6, 6.07) is 0. The first-order chi connectivity index (χ1) is 7.39. The van der Waals surface area contributed by atoms with E-state index in [-0.39, 0.29) is 13.2 Å². The fourth-order valence-electron chi connectivity index (χ4n) is 1.21. The number of rotatable bonds is 7. The minimum absolute atomic E-state index is 0.144. The van der Waals surface area contributed by atoms with E-state index in [4.69, 9.17) is 32.2 Å². The van der Waals surface area contributed by atoms with Crippen LogP contribution in [-0.2, 0) is 13.6 Å². The molecule has 8 heteroatoms. The van der Waals surface area contributed by atoms with Crippen molar-refractivity contribution in [3.8, 4) is 0 Å². The zero-order valence-electron chi connectivity index (χ0n) is 9.23. The van der Waals surface area contributed by atoms with Gasteiger partial charge in [0.2, 0.25) is 0 Å². The van der Waals surface area contributed by atoms with E-state index < -0.39 is 17.9 Å². The van der Waals surface area contributed by atoms with Crippen LogP contribution in [0.3, 0.4) is 0 Å². The minimum atomic E-state index is -3.75. The highest BCUT2D eigenvalue weighted by atomic mass is 35.5. The normalized spacial score (nSPS) is 19.8. The summed E-state index contributed by atoms with van der Waals surface area (Å²) in [5, 5.41) is 9.84. The Hall–Kier alpha value is 0.650. The third-order valence-electron chi connectivity index (χ3n) is 2.10. The van der Waals surface area contributed by atoms with Gasteiger partial charge in [-0.2, -0.15) is 0 Å². The molecule has 0 radical (unpaired) electrons. The summed E-state index contributed by atoms with van der Waals surface area (Å²) >= 11 is 11.9. The molecule has 96 valence electrons. The second-order valence-electron chi connectivity index (χ2n) is 3.33. The molecule has 1 heterocycles. The molecule has 1 rings (SSSR count). The van der Waals surface area contributed by atoms with Gasteiger partial charge in [0, 0.05) is 13.1 Å². The molecule has 0 aromatic rings. The molecule has 0 aromatic carbocycles. The van der Waals surface area contributed by atoms with Crippen molar-refractivity contribution in [2.75, 3.05) is 26.3 Å². The Bertz CT molecular complexity index is 275. The number of halogens is 2. The van der Waals surface area contributed by atoms with Gasteiger partial charge in [0.15, 0.2) is 6.23 Å². The van der Waals surface area contributed by atoms with Crippen LogP contribution >= 0.6 is 30.8 Å². The van der Waals surface area contributed by atoms with Crippen molar-refractivity contribution in [3.05, 3.63) is 0 Å². The van der Waals surface area contributed by atoms with Crippen LogP contribution in [0.2, 0.25) is 0 Å². The molecule has 0 saturated carbocycles. The molecule has 0 amide bonds. The molecule has 0 spiro atoms. The number of nitrogens with zero attached hydrogens (tertiary/aromatic N) is 1. The maximum atomic E-state index is 12.3. The lowest BCUT2D eigenvalue weighted by Gasteiger charge is -2.32. The molecule has 16 heavy (non-hydrogen) atoms. The van der Waals surface area contributed by atoms with Gasteiger partial charge >= 0.3 is 7.60 Å². The quantitative estimate of drug-likeness (QED) is 0.442. The van der Waals surface area contributed by atoms with Crippen LogP contribution in [-0.4, -0.2) is 46.6 Å². The lowest BCUT2D eigenvalue weighted by Crippen LogP contribution is -2.38. The summed E-state index contributed by atoms with van der Waals surface area (Å²) in [6.07, 6.45) is -1.25. The Kier molecular flexibility index (Phi) is 5.08. The summed E-state index contributed by atoms with van der Waals surface area (Å²) in [6.45, 7) is 4.93. The molecule has 5 nitrogen and oxygen atoms in total. The highest BCUT2D eigenvalue weighted by Gasteiger charge is 2.57. The van der Waals surface area contributed by atoms with Gasteiger partial charge in [-0.3, -0.25) is 9.46 Å². The van der Waals surface area contributed by atoms with Crippen molar-refractivity contribution in [1.82, 2.24) is 4.90 Å². The molecule has 0 bridgehead atoms. The van der Waals surface area contributed by atoms with E-state index in [0.29, 0.717) is 13.1 Å². The molecular formula is C8H16Cl2NO4P. The zero-order chi connectivity index (χ0) is 12.4. The average molecular weight is 292 g/mol. The highest BCUT2D eigenvalue weighted by Crippen LogP contribution is 2.66. The fraction of sp³-hybridized carbons (Fsp3) is 1.00. The predicted octanol–water partition coefficient (Wildman–Crippen LogP) is 2.02. The first-order valence-electron chi connectivity index (χ1n) is 5.08. The van der Waals surface area contributed by atoms with E-state index in [9.17, 15) is 9.67 Å². The number of aliphatic hydroxyl groups is 1. The van der Waals surface area contributed by atoms with Crippen LogP contribution in [0.15, 0.2) is 0 Å². The Morgan fingerprint density at radius 1 is 1.38 bits per heavy atom. The summed E-state index contributed by atoms with van der Waals surface area (Å²) < 4.78 is 20.4. The zero-order valence-corrected chi connectivity index (χ0v) is 11.6. The SMILES string of the molecule is CCOP(=O)(OCC)C(Cl)(Cl)C(O)N1CC1. The number of alkyl halides is 2. The van der Waals surface area contributed by atoms with E-state index in [1.54, 1.807) is 18.7 Å². The van der Waals surface area contributed by atoms with Gasteiger partial charge in [-0.25, -0.2) is 0 Å². The van der Waals surface area contributed by atoms with Crippen LogP contribution in [0.1, 0.15) is 13.8 Å². The van der Waals surface area contributed by atoms with Gasteiger partial charge < -0.3 is 14.2 Å². The molecular weight excluding hydrogens is 276 g/mol. The molecule has 1 fully saturated rings. The van der Waals surface area contributed by atoms with Gasteiger partial charge in [-0.1, -0.05) is 23.2 Å². The Morgan fingerprint density at radius 3 is 2.12 bits per heavy atom. The van der Waals surface area contributed by atoms with E-state index in [2.05, 4.69) is 0 Å². The topological polar surface area (TPSA) is 58.8 Å². The van der Waals surface area contributed by atoms with Crippen LogP contribution < -0.4 is 0 Å². The summed E-state index contributed by atoms with van der Waals surface area (Å²) in [7, 11) is -3.75. The minimum Gasteiger partial charge on any atom is -0.374 e. The van der Waals surface area contributed by atoms with Crippen molar-refractivity contribution in [2.24, 2.45) is 0 Å². The van der Waals surface area contributed by atoms with Crippen LogP contribution in [0, 0.1) is 0 Å². The summed E-state index contributed by atoms with van der Waals surface area (Å²) in [5.74, 6) is 0. The first kappa shape index (κ1) is 14.7. The average Bonchev–Trinajstić information content (AvgIpc) is 3.00. The van der Waals surface area contributed by atoms with Crippen molar-refractivity contribution >= 4 is 30.8 Å². The maximum Gasteiger partial charge on any atom is 0.370 e. The van der Waals surface area contributed by atoms with Gasteiger partial charge in [-0.15, -0.1) is 0 Å². The van der Waals surface area contributed by atoms with Gasteiger partial charge in [0.25, 0.3) is 4.07 Å². The lowest BCUT2D eigenvalue weighted by molar-refractivity contribution is 0.0710. The molecule has 1 atom stereocenters. The largest absolute Gasteiger partial charge is 0.374 e. The second-order valence-corrected chi connectivity index (χ2v) is 7.46. The van der Waals surface area contributed by atoms with E-state index >= 15 is 0 Å². The summed E-state index contributed by atoms with van der Waals surface area (Å²) in [4.78, 5) is 1.57. The molecule has 1 aliphatic rings. The van der Waals surface area contributed by atoms with Crippen molar-refractivity contribution in [1.29, 1.82) is 0 Å². The molecule has 1 unspecified atom stereocenters. The molecule has 0 aliphatic carbocycles. The Labute approximate surface area is 105 Å². The Morgan fingerprint density at radius 2 is 1.81 bits per heavy atom. The number of hydrogen-bond donors (Lipinski definition) is 1. The molecule has 1 aliphatic heterocycles. The van der Waals surface area contributed by atoms with Gasteiger partial charge in [-0.05, 0) is 13.8 Å². The summed E-state index contributed by atoms with van der Waals surface area (Å²) in [5.41, 5.74) is 0. The monoisotopic (exact) mass is 291 g/mol. The first-order valence-corrected chi connectivity index (χ1v) is 7.38. The van der Waals surface area contributed by atoms with Crippen LogP contribution in [0.25, 0.3) is 0 Å². The van der Waals surface area contributed by atoms with Crippen molar-refractivity contribution in [3.63, 3.8) is 0 Å². The van der Waals surface area contributed by atoms with E-state index in [1.165, 1.54) is 0 Å². The predicted molar refractivity (Wildman–Crippen MR) is 62.9 cm³/mol. The van der Waals surface area contributed by atoms with E-state index in [0.717, 1.165) is 0 Å². The molecule has 1 N–H and O–H groups in total. The van der Waals surface area contributed by atoms with Crippen molar-refractivity contribution < 1.29 is 18.7 Å². The number of aliphatic hydroxyl groups excluding tert-OH is 1. The van der Waals surface area contributed by atoms with Gasteiger partial charge in [0.05, 0.1) is 13.2 Å². The van der Waals surface area contributed by atoms with E-state index in [1.807, 2.05) is 0 Å². The molecule has 1 saturated heterocycles. The lowest BCUT2D eigenvalue weighted by atomic mass is 10.6. The fourth-order valence-corrected chi connectivity index (χ4v) is 3.62. The smallest absolute Gasteiger partial charge is 0.370 e. The highest BCUT2D eigenvalue weighted by molar-refractivity contribution is 7.60. The Balaban J connectivity index is 2.85. The molecule has 0 aromatic heterocycles. The standard InChI is InChI=1S/C8H16Cl2NO4P/c1-3-14-16(13,15-4-2)8(9,10)7(12)11-5-6-11/h7,12H,3-6H2,1-2H3. The van der Waals surface area contributed by atoms with Crippen molar-refractivity contribution in [2.45, 2.75) is 24.1 Å².